The Hall–Kier alpha value is -2.49. The van der Waals surface area contributed by atoms with E-state index in [1.165, 1.54) is 30.1 Å². The van der Waals surface area contributed by atoms with Gasteiger partial charge in [-0.3, -0.25) is 5.32 Å². The maximum absolute atomic E-state index is 14.2. The van der Waals surface area contributed by atoms with Gasteiger partial charge in [-0.2, -0.15) is 18.2 Å². The van der Waals surface area contributed by atoms with E-state index in [1.54, 1.807) is 0 Å². The highest BCUT2D eigenvalue weighted by Gasteiger charge is 2.37. The molecule has 1 fully saturated rings. The highest BCUT2D eigenvalue weighted by molar-refractivity contribution is 5.38. The van der Waals surface area contributed by atoms with E-state index in [9.17, 15) is 22.0 Å². The summed E-state index contributed by atoms with van der Waals surface area (Å²) in [6.45, 7) is 0.274. The molecule has 146 valence electrons. The number of hydrogen-bond donors (Lipinski definition) is 1. The van der Waals surface area contributed by atoms with Crippen LogP contribution < -0.4 is 15.0 Å². The fraction of sp³-hybridized carbons (Fsp3) is 0.412. The molecule has 2 aromatic rings. The Morgan fingerprint density at radius 3 is 2.44 bits per heavy atom. The molecular weight excluding hydrogens is 371 g/mol. The summed E-state index contributed by atoms with van der Waals surface area (Å²) in [6.07, 6.45) is -4.57. The van der Waals surface area contributed by atoms with Crippen LogP contribution >= 0.6 is 0 Å². The third-order valence-corrected chi connectivity index (χ3v) is 4.29. The van der Waals surface area contributed by atoms with Crippen LogP contribution in [0.5, 0.6) is 11.6 Å². The van der Waals surface area contributed by atoms with Crippen LogP contribution in [-0.4, -0.2) is 35.9 Å². The molecule has 0 radical (unpaired) electrons. The Balaban J connectivity index is 1.90. The summed E-state index contributed by atoms with van der Waals surface area (Å²) in [5.74, 6) is -2.75. The third-order valence-electron chi connectivity index (χ3n) is 4.29. The maximum Gasteiger partial charge on any atom is 0.433 e. The van der Waals surface area contributed by atoms with E-state index in [0.29, 0.717) is 6.07 Å². The zero-order chi connectivity index (χ0) is 19.7. The predicted octanol–water partition coefficient (Wildman–Crippen LogP) is 3.91. The highest BCUT2D eigenvalue weighted by Crippen LogP contribution is 2.33. The van der Waals surface area contributed by atoms with Crippen LogP contribution in [0.3, 0.4) is 0 Å². The van der Waals surface area contributed by atoms with Crippen LogP contribution in [0.25, 0.3) is 0 Å². The molecule has 1 aliphatic heterocycles. The second kappa shape index (κ2) is 7.26. The highest BCUT2D eigenvalue weighted by atomic mass is 19.4. The summed E-state index contributed by atoms with van der Waals surface area (Å²) in [6, 6.07) is 5.61. The molecule has 1 N–H and O–H groups in total. The van der Waals surface area contributed by atoms with Crippen LogP contribution in [-0.2, 0) is 6.18 Å². The van der Waals surface area contributed by atoms with Crippen molar-refractivity contribution in [1.29, 1.82) is 0 Å². The summed E-state index contributed by atoms with van der Waals surface area (Å²) in [5, 5.41) is 2.56. The zero-order valence-corrected chi connectivity index (χ0v) is 14.4. The van der Waals surface area contributed by atoms with E-state index in [-0.39, 0.29) is 43.5 Å². The first-order chi connectivity index (χ1) is 12.7. The number of anilines is 1. The van der Waals surface area contributed by atoms with Crippen molar-refractivity contribution in [2.24, 2.45) is 0 Å². The van der Waals surface area contributed by atoms with Gasteiger partial charge >= 0.3 is 6.18 Å². The van der Waals surface area contributed by atoms with Gasteiger partial charge in [0.2, 0.25) is 11.8 Å². The quantitative estimate of drug-likeness (QED) is 0.636. The SMILES string of the molecule is CNC1(F)CCN(c2nc(Oc3cccc(F)c3)cc(C(F)(F)F)n2)CC1. The molecular formula is C17H17F5N4O. The molecule has 10 heteroatoms. The second-order valence-corrected chi connectivity index (χ2v) is 6.15. The lowest BCUT2D eigenvalue weighted by molar-refractivity contribution is -0.141. The molecule has 1 saturated heterocycles. The molecule has 27 heavy (non-hydrogen) atoms. The minimum Gasteiger partial charge on any atom is -0.439 e. The van der Waals surface area contributed by atoms with Crippen molar-refractivity contribution in [3.05, 3.63) is 41.8 Å². The average Bonchev–Trinajstić information content (AvgIpc) is 2.61. The number of rotatable bonds is 4. The van der Waals surface area contributed by atoms with Gasteiger partial charge in [-0.1, -0.05) is 6.07 Å². The molecule has 0 bridgehead atoms. The lowest BCUT2D eigenvalue weighted by Crippen LogP contribution is -2.49. The van der Waals surface area contributed by atoms with Crippen molar-refractivity contribution in [3.63, 3.8) is 0 Å². The first-order valence-corrected chi connectivity index (χ1v) is 8.21. The fourth-order valence-corrected chi connectivity index (χ4v) is 2.71. The van der Waals surface area contributed by atoms with E-state index in [2.05, 4.69) is 15.3 Å². The number of hydrogen-bond acceptors (Lipinski definition) is 5. The Kier molecular flexibility index (Phi) is 5.18. The van der Waals surface area contributed by atoms with Crippen molar-refractivity contribution < 1.29 is 26.7 Å². The smallest absolute Gasteiger partial charge is 0.433 e. The Morgan fingerprint density at radius 1 is 1.15 bits per heavy atom. The maximum atomic E-state index is 14.2. The van der Waals surface area contributed by atoms with Gasteiger partial charge in [0, 0.05) is 38.1 Å². The first kappa shape index (κ1) is 19.3. The summed E-state index contributed by atoms with van der Waals surface area (Å²) in [7, 11) is 1.49. The molecule has 3 rings (SSSR count). The minimum absolute atomic E-state index is 0.00405. The lowest BCUT2D eigenvalue weighted by atomic mass is 10.0. The summed E-state index contributed by atoms with van der Waals surface area (Å²) >= 11 is 0. The molecule has 0 unspecified atom stereocenters. The summed E-state index contributed by atoms with van der Waals surface area (Å²) in [5.41, 5.74) is -1.19. The van der Waals surface area contributed by atoms with Gasteiger partial charge in [0.1, 0.15) is 11.6 Å². The molecule has 2 heterocycles. The van der Waals surface area contributed by atoms with Crippen molar-refractivity contribution in [2.75, 3.05) is 25.0 Å². The number of nitrogens with one attached hydrogen (secondary N) is 1. The largest absolute Gasteiger partial charge is 0.439 e. The monoisotopic (exact) mass is 388 g/mol. The van der Waals surface area contributed by atoms with Gasteiger partial charge in [0.05, 0.1) is 0 Å². The third kappa shape index (κ3) is 4.62. The van der Waals surface area contributed by atoms with Gasteiger partial charge in [0.25, 0.3) is 0 Å². The van der Waals surface area contributed by atoms with E-state index >= 15 is 0 Å². The van der Waals surface area contributed by atoms with Gasteiger partial charge in [0.15, 0.2) is 11.5 Å². The number of piperidine rings is 1. The Labute approximate surface area is 152 Å². The molecule has 0 spiro atoms. The van der Waals surface area contributed by atoms with E-state index in [1.807, 2.05) is 0 Å². The van der Waals surface area contributed by atoms with E-state index < -0.39 is 23.5 Å². The molecule has 1 aromatic carbocycles. The number of ether oxygens (including phenoxy) is 1. The van der Waals surface area contributed by atoms with Crippen LogP contribution in [0.2, 0.25) is 0 Å². The van der Waals surface area contributed by atoms with Gasteiger partial charge < -0.3 is 9.64 Å². The van der Waals surface area contributed by atoms with Crippen LogP contribution in [0.4, 0.5) is 27.9 Å². The Morgan fingerprint density at radius 2 is 1.85 bits per heavy atom. The summed E-state index contributed by atoms with van der Waals surface area (Å²) < 4.78 is 72.4. The molecule has 1 aromatic heterocycles. The van der Waals surface area contributed by atoms with Crippen molar-refractivity contribution in [2.45, 2.75) is 24.8 Å². The number of benzene rings is 1. The molecule has 5 nitrogen and oxygen atoms in total. The van der Waals surface area contributed by atoms with Crippen LogP contribution in [0.15, 0.2) is 30.3 Å². The fourth-order valence-electron chi connectivity index (χ4n) is 2.71. The summed E-state index contributed by atoms with van der Waals surface area (Å²) in [4.78, 5) is 9.01. The van der Waals surface area contributed by atoms with Crippen molar-refractivity contribution in [3.8, 4) is 11.6 Å². The van der Waals surface area contributed by atoms with E-state index in [4.69, 9.17) is 4.74 Å². The first-order valence-electron chi connectivity index (χ1n) is 8.21. The minimum atomic E-state index is -4.72. The topological polar surface area (TPSA) is 50.3 Å². The average molecular weight is 388 g/mol. The predicted molar refractivity (Wildman–Crippen MR) is 87.9 cm³/mol. The lowest BCUT2D eigenvalue weighted by Gasteiger charge is -2.36. The second-order valence-electron chi connectivity index (χ2n) is 6.15. The van der Waals surface area contributed by atoms with Gasteiger partial charge in [-0.05, 0) is 19.2 Å². The number of aromatic nitrogens is 2. The van der Waals surface area contributed by atoms with Crippen molar-refractivity contribution in [1.82, 2.24) is 15.3 Å². The normalized spacial score (nSPS) is 17.0. The number of nitrogens with zero attached hydrogens (tertiary/aromatic N) is 3. The molecule has 0 atom stereocenters. The molecule has 0 aliphatic carbocycles. The molecule has 1 aliphatic rings. The Bertz CT molecular complexity index is 806. The number of alkyl halides is 4. The number of halogens is 5. The standard InChI is InChI=1S/C17H17F5N4O/c1-23-16(19)5-7-26(8-6-16)15-24-13(17(20,21)22)10-14(25-15)27-12-4-2-3-11(18)9-12/h2-4,9-10,23H,5-8H2,1H3. The van der Waals surface area contributed by atoms with Gasteiger partial charge in [-0.25, -0.2) is 13.8 Å². The van der Waals surface area contributed by atoms with Gasteiger partial charge in [-0.15, -0.1) is 0 Å². The van der Waals surface area contributed by atoms with E-state index in [0.717, 1.165) is 6.07 Å². The van der Waals surface area contributed by atoms with Crippen LogP contribution in [0.1, 0.15) is 18.5 Å². The zero-order valence-electron chi connectivity index (χ0n) is 14.4. The molecule has 0 saturated carbocycles. The van der Waals surface area contributed by atoms with Crippen LogP contribution in [0, 0.1) is 5.82 Å². The molecule has 0 amide bonds. The van der Waals surface area contributed by atoms with Crippen molar-refractivity contribution >= 4 is 5.95 Å².